The summed E-state index contributed by atoms with van der Waals surface area (Å²) in [5.41, 5.74) is 0. The van der Waals surface area contributed by atoms with Gasteiger partial charge in [0, 0.05) is 19.0 Å². The molecule has 2 N–H and O–H groups in total. The predicted molar refractivity (Wildman–Crippen MR) is 80.6 cm³/mol. The van der Waals surface area contributed by atoms with E-state index in [0.29, 0.717) is 12.4 Å². The number of nitrogens with one attached hydrogen (secondary N) is 2. The van der Waals surface area contributed by atoms with Gasteiger partial charge < -0.3 is 10.1 Å². The molecule has 7 heteroatoms. The fourth-order valence-corrected chi connectivity index (χ4v) is 2.57. The molecule has 0 aliphatic heterocycles. The number of rotatable bonds is 8. The first kappa shape index (κ1) is 17.5. The van der Waals surface area contributed by atoms with Crippen LogP contribution in [0.2, 0.25) is 0 Å². The van der Waals surface area contributed by atoms with Gasteiger partial charge in [-0.15, -0.1) is 0 Å². The smallest absolute Gasteiger partial charge is 0.240 e. The van der Waals surface area contributed by atoms with Gasteiger partial charge in [0.15, 0.2) is 0 Å². The van der Waals surface area contributed by atoms with Gasteiger partial charge in [0.25, 0.3) is 0 Å². The number of benzene rings is 1. The molecule has 0 aromatic heterocycles. The number of ether oxygens (including phenoxy) is 1. The highest BCUT2D eigenvalue weighted by Gasteiger charge is 2.13. The zero-order valence-electron chi connectivity index (χ0n) is 12.5. The summed E-state index contributed by atoms with van der Waals surface area (Å²) in [5.74, 6) is 0.406. The van der Waals surface area contributed by atoms with Crippen LogP contribution in [0.5, 0.6) is 5.75 Å². The van der Waals surface area contributed by atoms with Gasteiger partial charge in [-0.2, -0.15) is 0 Å². The molecule has 1 amide bonds. The third-order valence-corrected chi connectivity index (χ3v) is 4.16. The fraction of sp³-hybridized carbons (Fsp3) is 0.500. The summed E-state index contributed by atoms with van der Waals surface area (Å²) in [6.45, 7) is 6.34. The topological polar surface area (TPSA) is 84.5 Å². The second kappa shape index (κ2) is 7.99. The lowest BCUT2D eigenvalue weighted by molar-refractivity contribution is -0.123. The highest BCUT2D eigenvalue weighted by molar-refractivity contribution is 7.89. The Balaban J connectivity index is 2.51. The summed E-state index contributed by atoms with van der Waals surface area (Å²) < 4.78 is 31.7. The standard InChI is InChI=1S/C14H22N2O4S/c1-4-20-12-5-7-13(8-6-12)21(18,19)16-10-9-15-14(17)11(2)3/h5-8,11,16H,4,9-10H2,1-3H3,(H,15,17). The van der Waals surface area contributed by atoms with E-state index in [-0.39, 0.29) is 29.8 Å². The zero-order valence-corrected chi connectivity index (χ0v) is 13.4. The third-order valence-electron chi connectivity index (χ3n) is 2.69. The minimum absolute atomic E-state index is 0.102. The van der Waals surface area contributed by atoms with Gasteiger partial charge in [-0.05, 0) is 31.2 Å². The van der Waals surface area contributed by atoms with E-state index in [0.717, 1.165) is 0 Å². The van der Waals surface area contributed by atoms with E-state index in [1.807, 2.05) is 6.92 Å². The largest absolute Gasteiger partial charge is 0.494 e. The van der Waals surface area contributed by atoms with Crippen LogP contribution in [-0.2, 0) is 14.8 Å². The number of carbonyl (C=O) groups is 1. The second-order valence-corrected chi connectivity index (χ2v) is 6.51. The third kappa shape index (κ3) is 5.73. The molecule has 21 heavy (non-hydrogen) atoms. The first-order chi connectivity index (χ1) is 9.86. The van der Waals surface area contributed by atoms with E-state index in [1.54, 1.807) is 26.0 Å². The van der Waals surface area contributed by atoms with Crippen LogP contribution in [0.1, 0.15) is 20.8 Å². The zero-order chi connectivity index (χ0) is 15.9. The first-order valence-corrected chi connectivity index (χ1v) is 8.35. The van der Waals surface area contributed by atoms with Crippen LogP contribution in [0.25, 0.3) is 0 Å². The van der Waals surface area contributed by atoms with Crippen molar-refractivity contribution in [2.75, 3.05) is 19.7 Å². The van der Waals surface area contributed by atoms with Crippen molar-refractivity contribution in [3.8, 4) is 5.75 Å². The summed E-state index contributed by atoms with van der Waals surface area (Å²) in [6.07, 6.45) is 0. The van der Waals surface area contributed by atoms with Gasteiger partial charge in [0.05, 0.1) is 11.5 Å². The Kier molecular flexibility index (Phi) is 6.64. The molecule has 0 unspecified atom stereocenters. The molecular formula is C14H22N2O4S. The minimum atomic E-state index is -3.57. The van der Waals surface area contributed by atoms with E-state index in [4.69, 9.17) is 4.74 Å². The van der Waals surface area contributed by atoms with Crippen molar-refractivity contribution in [2.24, 2.45) is 5.92 Å². The molecule has 6 nitrogen and oxygen atoms in total. The van der Waals surface area contributed by atoms with Crippen LogP contribution < -0.4 is 14.8 Å². The Labute approximate surface area is 125 Å². The molecule has 1 aromatic rings. The number of amides is 1. The molecular weight excluding hydrogens is 292 g/mol. The lowest BCUT2D eigenvalue weighted by atomic mass is 10.2. The van der Waals surface area contributed by atoms with E-state index in [1.165, 1.54) is 12.1 Å². The van der Waals surface area contributed by atoms with Gasteiger partial charge >= 0.3 is 0 Å². The van der Waals surface area contributed by atoms with E-state index in [2.05, 4.69) is 10.0 Å². The number of hydrogen-bond acceptors (Lipinski definition) is 4. The maximum Gasteiger partial charge on any atom is 0.240 e. The van der Waals surface area contributed by atoms with Crippen molar-refractivity contribution >= 4 is 15.9 Å². The van der Waals surface area contributed by atoms with Gasteiger partial charge in [-0.3, -0.25) is 4.79 Å². The van der Waals surface area contributed by atoms with Crippen molar-refractivity contribution < 1.29 is 17.9 Å². The molecule has 0 aliphatic carbocycles. The van der Waals surface area contributed by atoms with Crippen LogP contribution in [0.3, 0.4) is 0 Å². The fourth-order valence-electron chi connectivity index (χ4n) is 1.54. The SMILES string of the molecule is CCOc1ccc(S(=O)(=O)NCCNC(=O)C(C)C)cc1. The van der Waals surface area contributed by atoms with Gasteiger partial charge in [-0.1, -0.05) is 13.8 Å². The number of carbonyl (C=O) groups excluding carboxylic acids is 1. The molecule has 0 saturated heterocycles. The van der Waals surface area contributed by atoms with E-state index >= 15 is 0 Å². The highest BCUT2D eigenvalue weighted by Crippen LogP contribution is 2.15. The Morgan fingerprint density at radius 1 is 1.19 bits per heavy atom. The Morgan fingerprint density at radius 2 is 1.81 bits per heavy atom. The Morgan fingerprint density at radius 3 is 2.33 bits per heavy atom. The van der Waals surface area contributed by atoms with Gasteiger partial charge in [0.2, 0.25) is 15.9 Å². The molecule has 0 radical (unpaired) electrons. The summed E-state index contributed by atoms with van der Waals surface area (Å²) in [5, 5.41) is 2.65. The molecule has 0 bridgehead atoms. The van der Waals surface area contributed by atoms with Gasteiger partial charge in [-0.25, -0.2) is 13.1 Å². The lowest BCUT2D eigenvalue weighted by Crippen LogP contribution is -2.36. The van der Waals surface area contributed by atoms with Crippen LogP contribution in [0.4, 0.5) is 0 Å². The molecule has 0 heterocycles. The summed E-state index contributed by atoms with van der Waals surface area (Å²) in [6, 6.07) is 6.19. The molecule has 1 rings (SSSR count). The predicted octanol–water partition coefficient (Wildman–Crippen LogP) is 1.14. The van der Waals surface area contributed by atoms with E-state index in [9.17, 15) is 13.2 Å². The minimum Gasteiger partial charge on any atom is -0.494 e. The van der Waals surface area contributed by atoms with Crippen molar-refractivity contribution in [1.29, 1.82) is 0 Å². The molecule has 0 fully saturated rings. The summed E-state index contributed by atoms with van der Waals surface area (Å²) >= 11 is 0. The van der Waals surface area contributed by atoms with Crippen molar-refractivity contribution in [3.05, 3.63) is 24.3 Å². The quantitative estimate of drug-likeness (QED) is 0.705. The summed E-state index contributed by atoms with van der Waals surface area (Å²) in [4.78, 5) is 11.5. The number of hydrogen-bond donors (Lipinski definition) is 2. The highest BCUT2D eigenvalue weighted by atomic mass is 32.2. The van der Waals surface area contributed by atoms with Crippen molar-refractivity contribution in [2.45, 2.75) is 25.7 Å². The van der Waals surface area contributed by atoms with E-state index < -0.39 is 10.0 Å². The maximum atomic E-state index is 12.0. The molecule has 0 aliphatic rings. The second-order valence-electron chi connectivity index (χ2n) is 4.75. The maximum absolute atomic E-state index is 12.0. The molecule has 0 atom stereocenters. The van der Waals surface area contributed by atoms with Gasteiger partial charge in [0.1, 0.15) is 5.75 Å². The monoisotopic (exact) mass is 314 g/mol. The molecule has 118 valence electrons. The van der Waals surface area contributed by atoms with Crippen LogP contribution in [0, 0.1) is 5.92 Å². The molecule has 1 aromatic carbocycles. The average molecular weight is 314 g/mol. The van der Waals surface area contributed by atoms with Crippen molar-refractivity contribution in [1.82, 2.24) is 10.0 Å². The van der Waals surface area contributed by atoms with Crippen LogP contribution in [0.15, 0.2) is 29.2 Å². The first-order valence-electron chi connectivity index (χ1n) is 6.87. The number of sulfonamides is 1. The average Bonchev–Trinajstić information content (AvgIpc) is 2.44. The van der Waals surface area contributed by atoms with Crippen molar-refractivity contribution in [3.63, 3.8) is 0 Å². The molecule has 0 saturated carbocycles. The molecule has 0 spiro atoms. The Bertz CT molecular complexity index is 553. The Hall–Kier alpha value is -1.60. The normalized spacial score (nSPS) is 11.4. The summed E-state index contributed by atoms with van der Waals surface area (Å²) in [7, 11) is -3.57. The lowest BCUT2D eigenvalue weighted by Gasteiger charge is -2.10. The van der Waals surface area contributed by atoms with Crippen LogP contribution in [-0.4, -0.2) is 34.0 Å². The van der Waals surface area contributed by atoms with Crippen LogP contribution >= 0.6 is 0 Å².